The maximum absolute atomic E-state index is 11.8. The Morgan fingerprint density at radius 3 is 2.50 bits per heavy atom. The van der Waals surface area contributed by atoms with Crippen LogP contribution in [-0.2, 0) is 4.79 Å². The van der Waals surface area contributed by atoms with Crippen LogP contribution in [0.15, 0.2) is 0 Å². The molecule has 5 nitrogen and oxygen atoms in total. The zero-order valence-electron chi connectivity index (χ0n) is 10.5. The molecule has 2 amide bonds. The fourth-order valence-corrected chi connectivity index (χ4v) is 2.37. The molecule has 2 aliphatic rings. The van der Waals surface area contributed by atoms with Crippen molar-refractivity contribution in [1.29, 1.82) is 0 Å². The van der Waals surface area contributed by atoms with Gasteiger partial charge >= 0.3 is 6.03 Å². The van der Waals surface area contributed by atoms with Crippen LogP contribution in [0.25, 0.3) is 0 Å². The van der Waals surface area contributed by atoms with E-state index in [1.54, 1.807) is 23.9 Å². The van der Waals surface area contributed by atoms with E-state index < -0.39 is 0 Å². The lowest BCUT2D eigenvalue weighted by Crippen LogP contribution is -2.44. The molecule has 0 aromatic heterocycles. The first-order valence-electron chi connectivity index (χ1n) is 5.93. The Labute approximate surface area is 96.7 Å². The zero-order valence-corrected chi connectivity index (χ0v) is 10.5. The molecule has 0 saturated carbocycles. The van der Waals surface area contributed by atoms with Gasteiger partial charge in [0.25, 0.3) is 0 Å². The third-order valence-electron chi connectivity index (χ3n) is 3.09. The molecule has 2 fully saturated rings. The summed E-state index contributed by atoms with van der Waals surface area (Å²) in [6.45, 7) is 6.25. The first-order chi connectivity index (χ1) is 7.65. The Kier molecular flexibility index (Phi) is 4.29. The highest BCUT2D eigenvalue weighted by Crippen LogP contribution is 2.30. The van der Waals surface area contributed by atoms with Gasteiger partial charge in [0.1, 0.15) is 0 Å². The number of urea groups is 1. The Morgan fingerprint density at radius 2 is 2.00 bits per heavy atom. The number of nitrogens with one attached hydrogen (secondary N) is 1. The molecule has 0 aromatic carbocycles. The molecule has 2 unspecified atom stereocenters. The maximum Gasteiger partial charge on any atom is 0.335 e. The summed E-state index contributed by atoms with van der Waals surface area (Å²) in [6.07, 6.45) is 1.76. The average Bonchev–Trinajstić information content (AvgIpc) is 2.82. The Balaban J connectivity index is 0.000000606. The molecule has 0 bridgehead atoms. The first-order valence-corrected chi connectivity index (χ1v) is 5.93. The lowest BCUT2D eigenvalue weighted by atomic mass is 10.1. The minimum Gasteiger partial charge on any atom is -0.309 e. The van der Waals surface area contributed by atoms with Crippen molar-refractivity contribution in [3.05, 3.63) is 0 Å². The number of hydrogen-bond acceptors (Lipinski definition) is 3. The van der Waals surface area contributed by atoms with Crippen molar-refractivity contribution < 1.29 is 9.59 Å². The monoisotopic (exact) mass is 227 g/mol. The van der Waals surface area contributed by atoms with Gasteiger partial charge in [-0.05, 0) is 19.8 Å². The van der Waals surface area contributed by atoms with Crippen molar-refractivity contribution in [2.45, 2.75) is 45.7 Å². The van der Waals surface area contributed by atoms with Crippen LogP contribution in [0.5, 0.6) is 0 Å². The van der Waals surface area contributed by atoms with Crippen LogP contribution in [0.1, 0.15) is 33.6 Å². The van der Waals surface area contributed by atoms with Crippen LogP contribution in [0.3, 0.4) is 0 Å². The number of nitrogens with zero attached hydrogens (tertiary/aromatic N) is 2. The summed E-state index contributed by atoms with van der Waals surface area (Å²) in [4.78, 5) is 24.8. The number of hydrazine groups is 1. The zero-order chi connectivity index (χ0) is 12.3. The fourth-order valence-electron chi connectivity index (χ4n) is 2.37. The summed E-state index contributed by atoms with van der Waals surface area (Å²) >= 11 is 0. The van der Waals surface area contributed by atoms with E-state index in [2.05, 4.69) is 5.43 Å². The number of carbonyl (C=O) groups is 2. The molecule has 2 aliphatic heterocycles. The SMILES string of the molecule is CC.CNN1CC2CCC(C(C)=O)N2C1=O. The van der Waals surface area contributed by atoms with Crippen LogP contribution >= 0.6 is 0 Å². The van der Waals surface area contributed by atoms with Gasteiger partial charge in [-0.25, -0.2) is 10.2 Å². The van der Waals surface area contributed by atoms with Crippen LogP contribution in [0, 0.1) is 0 Å². The number of Topliss-reactive ketones (excluding diaryl/α,β-unsaturated/α-hetero) is 1. The van der Waals surface area contributed by atoms with Crippen LogP contribution in [-0.4, -0.2) is 47.4 Å². The number of fused-ring (bicyclic) bond motifs is 1. The molecular weight excluding hydrogens is 206 g/mol. The number of hydrogen-bond donors (Lipinski definition) is 1. The molecule has 0 aromatic rings. The van der Waals surface area contributed by atoms with Crippen molar-refractivity contribution >= 4 is 11.8 Å². The fraction of sp³-hybridized carbons (Fsp3) is 0.818. The van der Waals surface area contributed by atoms with Crippen molar-refractivity contribution in [2.24, 2.45) is 0 Å². The predicted octanol–water partition coefficient (Wildman–Crippen LogP) is 1.00. The second-order valence-electron chi connectivity index (χ2n) is 3.88. The van der Waals surface area contributed by atoms with E-state index >= 15 is 0 Å². The van der Waals surface area contributed by atoms with E-state index in [0.29, 0.717) is 6.54 Å². The number of carbonyl (C=O) groups excluding carboxylic acids is 2. The maximum atomic E-state index is 11.8. The van der Waals surface area contributed by atoms with Gasteiger partial charge in [0, 0.05) is 7.05 Å². The van der Waals surface area contributed by atoms with Gasteiger partial charge in [0.05, 0.1) is 18.6 Å². The van der Waals surface area contributed by atoms with E-state index in [9.17, 15) is 9.59 Å². The van der Waals surface area contributed by atoms with Gasteiger partial charge in [-0.2, -0.15) is 0 Å². The second kappa shape index (κ2) is 5.30. The molecule has 5 heteroatoms. The standard InChI is InChI=1S/C9H15N3O2.C2H6/c1-6(13)8-4-3-7-5-11(10-2)9(14)12(7)8;1-2/h7-8,10H,3-5H2,1-2H3;1-2H3. The summed E-state index contributed by atoms with van der Waals surface area (Å²) in [7, 11) is 1.73. The molecule has 2 rings (SSSR count). The molecule has 0 spiro atoms. The number of rotatable bonds is 2. The number of ketones is 1. The van der Waals surface area contributed by atoms with Crippen LogP contribution < -0.4 is 5.43 Å². The Hall–Kier alpha value is -1.10. The van der Waals surface area contributed by atoms with E-state index in [0.717, 1.165) is 12.8 Å². The molecule has 1 N–H and O–H groups in total. The summed E-state index contributed by atoms with van der Waals surface area (Å²) in [5.41, 5.74) is 2.83. The highest BCUT2D eigenvalue weighted by molar-refractivity contribution is 5.88. The molecule has 0 aliphatic carbocycles. The van der Waals surface area contributed by atoms with E-state index in [1.165, 1.54) is 0 Å². The second-order valence-corrected chi connectivity index (χ2v) is 3.88. The van der Waals surface area contributed by atoms with Gasteiger partial charge in [0.15, 0.2) is 5.78 Å². The van der Waals surface area contributed by atoms with Gasteiger partial charge in [-0.3, -0.25) is 9.80 Å². The van der Waals surface area contributed by atoms with E-state index in [4.69, 9.17) is 0 Å². The molecule has 2 saturated heterocycles. The van der Waals surface area contributed by atoms with Crippen molar-refractivity contribution in [3.63, 3.8) is 0 Å². The minimum absolute atomic E-state index is 0.0600. The van der Waals surface area contributed by atoms with Crippen molar-refractivity contribution in [3.8, 4) is 0 Å². The van der Waals surface area contributed by atoms with Gasteiger partial charge < -0.3 is 4.90 Å². The lowest BCUT2D eigenvalue weighted by Gasteiger charge is -2.21. The predicted molar refractivity (Wildman–Crippen MR) is 61.8 cm³/mol. The Bertz CT molecular complexity index is 280. The third kappa shape index (κ3) is 2.04. The summed E-state index contributed by atoms with van der Waals surface area (Å²) in [6, 6.07) is -0.0232. The minimum atomic E-state index is -0.189. The third-order valence-corrected chi connectivity index (χ3v) is 3.09. The average molecular weight is 227 g/mol. The van der Waals surface area contributed by atoms with E-state index in [1.807, 2.05) is 13.8 Å². The largest absolute Gasteiger partial charge is 0.335 e. The van der Waals surface area contributed by atoms with Crippen LogP contribution in [0.4, 0.5) is 4.79 Å². The lowest BCUT2D eigenvalue weighted by molar-refractivity contribution is -0.120. The highest BCUT2D eigenvalue weighted by atomic mass is 16.2. The van der Waals surface area contributed by atoms with E-state index in [-0.39, 0.29) is 23.9 Å². The van der Waals surface area contributed by atoms with Gasteiger partial charge in [-0.1, -0.05) is 13.8 Å². The van der Waals surface area contributed by atoms with Crippen molar-refractivity contribution in [2.75, 3.05) is 13.6 Å². The summed E-state index contributed by atoms with van der Waals surface area (Å²) < 4.78 is 0. The molecule has 2 atom stereocenters. The molecule has 92 valence electrons. The van der Waals surface area contributed by atoms with Crippen LogP contribution in [0.2, 0.25) is 0 Å². The smallest absolute Gasteiger partial charge is 0.309 e. The quantitative estimate of drug-likeness (QED) is 0.766. The molecule has 2 heterocycles. The Morgan fingerprint density at radius 1 is 1.38 bits per heavy atom. The van der Waals surface area contributed by atoms with Gasteiger partial charge in [-0.15, -0.1) is 0 Å². The first kappa shape index (κ1) is 13.0. The summed E-state index contributed by atoms with van der Waals surface area (Å²) in [5.74, 6) is 0.0961. The molecule has 0 radical (unpaired) electrons. The van der Waals surface area contributed by atoms with Gasteiger partial charge in [0.2, 0.25) is 0 Å². The summed E-state index contributed by atoms with van der Waals surface area (Å²) in [5, 5.41) is 1.57. The van der Waals surface area contributed by atoms with Crippen molar-refractivity contribution in [1.82, 2.24) is 15.3 Å². The molecular formula is C11H21N3O2. The molecule has 16 heavy (non-hydrogen) atoms. The highest BCUT2D eigenvalue weighted by Gasteiger charge is 2.46. The number of amides is 2. The normalized spacial score (nSPS) is 27.6. The topological polar surface area (TPSA) is 52.7 Å².